The fraction of sp³-hybridized carbons (Fsp3) is 0.154. The van der Waals surface area contributed by atoms with Crippen LogP contribution in [-0.4, -0.2) is 17.4 Å². The van der Waals surface area contributed by atoms with Crippen LogP contribution in [0.15, 0.2) is 36.5 Å². The molecule has 0 fully saturated rings. The van der Waals surface area contributed by atoms with E-state index in [0.29, 0.717) is 6.61 Å². The summed E-state index contributed by atoms with van der Waals surface area (Å²) in [6.07, 6.45) is 1.81. The van der Waals surface area contributed by atoms with E-state index in [-0.39, 0.29) is 12.4 Å². The van der Waals surface area contributed by atoms with Gasteiger partial charge in [-0.25, -0.2) is 0 Å². The molecule has 0 spiro atoms. The minimum absolute atomic E-state index is 0.0194. The molecule has 0 bridgehead atoms. The standard InChI is InChI=1S/C13H12N2O2/c16-12-8-17-7-11-13(12)10(6-14-11)15-9-4-2-1-3-5-9/h1-6,14-15H,7-8H2. The fourth-order valence-corrected chi connectivity index (χ4v) is 1.99. The van der Waals surface area contributed by atoms with Gasteiger partial charge in [0.05, 0.1) is 23.6 Å². The summed E-state index contributed by atoms with van der Waals surface area (Å²) in [7, 11) is 0. The van der Waals surface area contributed by atoms with Gasteiger partial charge in [-0.05, 0) is 12.1 Å². The number of fused-ring (bicyclic) bond motifs is 1. The fourth-order valence-electron chi connectivity index (χ4n) is 1.99. The summed E-state index contributed by atoms with van der Waals surface area (Å²) in [5, 5.41) is 3.23. The van der Waals surface area contributed by atoms with Gasteiger partial charge in [0.15, 0.2) is 5.78 Å². The number of ketones is 1. The summed E-state index contributed by atoms with van der Waals surface area (Å²) in [5.41, 5.74) is 3.35. The summed E-state index contributed by atoms with van der Waals surface area (Å²) in [5.74, 6) is 0.0194. The van der Waals surface area contributed by atoms with Crippen molar-refractivity contribution in [3.8, 4) is 0 Å². The molecule has 1 aromatic heterocycles. The Hall–Kier alpha value is -2.07. The second-order valence-corrected chi connectivity index (χ2v) is 3.96. The van der Waals surface area contributed by atoms with E-state index in [9.17, 15) is 4.79 Å². The molecule has 1 aliphatic heterocycles. The summed E-state index contributed by atoms with van der Waals surface area (Å²) in [6, 6.07) is 9.78. The molecule has 0 aliphatic carbocycles. The molecule has 4 nitrogen and oxygen atoms in total. The molecule has 2 N–H and O–H groups in total. The van der Waals surface area contributed by atoms with E-state index in [4.69, 9.17) is 4.74 Å². The lowest BCUT2D eigenvalue weighted by Gasteiger charge is -2.13. The van der Waals surface area contributed by atoms with Crippen LogP contribution in [0.25, 0.3) is 0 Å². The first kappa shape index (κ1) is 10.1. The summed E-state index contributed by atoms with van der Waals surface area (Å²) in [4.78, 5) is 14.8. The summed E-state index contributed by atoms with van der Waals surface area (Å²) in [6.45, 7) is 0.631. The molecule has 2 heterocycles. The van der Waals surface area contributed by atoms with Gasteiger partial charge in [-0.3, -0.25) is 4.79 Å². The maximum absolute atomic E-state index is 11.8. The lowest BCUT2D eigenvalue weighted by Crippen LogP contribution is -2.17. The van der Waals surface area contributed by atoms with Crippen molar-refractivity contribution < 1.29 is 9.53 Å². The van der Waals surface area contributed by atoms with E-state index < -0.39 is 0 Å². The maximum Gasteiger partial charge on any atom is 0.192 e. The van der Waals surface area contributed by atoms with Crippen LogP contribution in [0.3, 0.4) is 0 Å². The quantitative estimate of drug-likeness (QED) is 0.830. The molecule has 86 valence electrons. The number of carbonyl (C=O) groups is 1. The second-order valence-electron chi connectivity index (χ2n) is 3.96. The highest BCUT2D eigenvalue weighted by Gasteiger charge is 2.23. The van der Waals surface area contributed by atoms with Gasteiger partial charge in [0.2, 0.25) is 0 Å². The molecular formula is C13H12N2O2. The Morgan fingerprint density at radius 3 is 2.82 bits per heavy atom. The zero-order valence-corrected chi connectivity index (χ0v) is 9.19. The summed E-state index contributed by atoms with van der Waals surface area (Å²) >= 11 is 0. The molecule has 17 heavy (non-hydrogen) atoms. The van der Waals surface area contributed by atoms with Crippen molar-refractivity contribution in [1.29, 1.82) is 0 Å². The SMILES string of the molecule is O=C1COCc2[nH]cc(Nc3ccccc3)c21. The third kappa shape index (κ3) is 1.83. The van der Waals surface area contributed by atoms with Gasteiger partial charge < -0.3 is 15.0 Å². The minimum Gasteiger partial charge on any atom is -0.367 e. The average Bonchev–Trinajstić information content (AvgIpc) is 2.75. The van der Waals surface area contributed by atoms with Crippen LogP contribution in [0.5, 0.6) is 0 Å². The lowest BCUT2D eigenvalue weighted by molar-refractivity contribution is 0.0660. The molecule has 1 aliphatic rings. The Labute approximate surface area is 98.6 Å². The van der Waals surface area contributed by atoms with E-state index in [0.717, 1.165) is 22.6 Å². The van der Waals surface area contributed by atoms with Crippen molar-refractivity contribution >= 4 is 17.2 Å². The first-order valence-corrected chi connectivity index (χ1v) is 5.48. The number of para-hydroxylation sites is 1. The van der Waals surface area contributed by atoms with Crippen LogP contribution in [0, 0.1) is 0 Å². The zero-order chi connectivity index (χ0) is 11.7. The zero-order valence-electron chi connectivity index (χ0n) is 9.19. The van der Waals surface area contributed by atoms with Gasteiger partial charge >= 0.3 is 0 Å². The number of aromatic amines is 1. The van der Waals surface area contributed by atoms with Crippen LogP contribution in [-0.2, 0) is 11.3 Å². The van der Waals surface area contributed by atoms with Crippen LogP contribution < -0.4 is 5.32 Å². The number of hydrogen-bond acceptors (Lipinski definition) is 3. The Kier molecular flexibility index (Phi) is 2.42. The number of H-pyrrole nitrogens is 1. The predicted octanol–water partition coefficient (Wildman–Crippen LogP) is 2.47. The number of anilines is 2. The molecule has 0 amide bonds. The minimum atomic E-state index is 0.0194. The summed E-state index contributed by atoms with van der Waals surface area (Å²) < 4.78 is 5.16. The highest BCUT2D eigenvalue weighted by atomic mass is 16.5. The molecule has 0 saturated heterocycles. The third-order valence-corrected chi connectivity index (χ3v) is 2.77. The average molecular weight is 228 g/mol. The molecule has 4 heteroatoms. The molecule has 0 radical (unpaired) electrons. The number of benzene rings is 1. The smallest absolute Gasteiger partial charge is 0.192 e. The van der Waals surface area contributed by atoms with Gasteiger partial charge in [0.1, 0.15) is 6.61 Å². The second kappa shape index (κ2) is 4.07. The maximum atomic E-state index is 11.8. The largest absolute Gasteiger partial charge is 0.367 e. The van der Waals surface area contributed by atoms with E-state index in [1.54, 1.807) is 0 Å². The first-order chi connectivity index (χ1) is 8.34. The Morgan fingerprint density at radius 2 is 2.00 bits per heavy atom. The van der Waals surface area contributed by atoms with E-state index in [2.05, 4.69) is 10.3 Å². The molecule has 0 atom stereocenters. The Bertz CT molecular complexity index is 546. The Balaban J connectivity index is 1.94. The van der Waals surface area contributed by atoms with Crippen LogP contribution in [0.4, 0.5) is 11.4 Å². The number of carbonyl (C=O) groups excluding carboxylic acids is 1. The van der Waals surface area contributed by atoms with Gasteiger partial charge in [-0.2, -0.15) is 0 Å². The highest BCUT2D eigenvalue weighted by molar-refractivity contribution is 6.04. The number of ether oxygens (including phenoxy) is 1. The predicted molar refractivity (Wildman–Crippen MR) is 64.5 cm³/mol. The van der Waals surface area contributed by atoms with Crippen LogP contribution in [0.2, 0.25) is 0 Å². The molecular weight excluding hydrogens is 216 g/mol. The first-order valence-electron chi connectivity index (χ1n) is 5.48. The molecule has 1 aromatic carbocycles. The number of aromatic nitrogens is 1. The highest BCUT2D eigenvalue weighted by Crippen LogP contribution is 2.27. The van der Waals surface area contributed by atoms with Crippen molar-refractivity contribution in [1.82, 2.24) is 4.98 Å². The molecule has 0 saturated carbocycles. The number of rotatable bonds is 2. The topological polar surface area (TPSA) is 54.1 Å². The van der Waals surface area contributed by atoms with E-state index in [1.807, 2.05) is 36.5 Å². The molecule has 0 unspecified atom stereocenters. The van der Waals surface area contributed by atoms with Gasteiger partial charge in [0, 0.05) is 11.9 Å². The van der Waals surface area contributed by atoms with Crippen molar-refractivity contribution in [2.24, 2.45) is 0 Å². The van der Waals surface area contributed by atoms with Crippen molar-refractivity contribution in [3.05, 3.63) is 47.8 Å². The lowest BCUT2D eigenvalue weighted by atomic mass is 10.1. The van der Waals surface area contributed by atoms with Gasteiger partial charge in [0.25, 0.3) is 0 Å². The van der Waals surface area contributed by atoms with Crippen molar-refractivity contribution in [3.63, 3.8) is 0 Å². The van der Waals surface area contributed by atoms with Crippen LogP contribution in [0.1, 0.15) is 16.1 Å². The Morgan fingerprint density at radius 1 is 1.18 bits per heavy atom. The van der Waals surface area contributed by atoms with Gasteiger partial charge in [-0.1, -0.05) is 18.2 Å². The number of hydrogen-bond donors (Lipinski definition) is 2. The van der Waals surface area contributed by atoms with Gasteiger partial charge in [-0.15, -0.1) is 0 Å². The normalized spacial score (nSPS) is 14.5. The molecule has 3 rings (SSSR count). The number of nitrogens with one attached hydrogen (secondary N) is 2. The van der Waals surface area contributed by atoms with E-state index >= 15 is 0 Å². The monoisotopic (exact) mass is 228 g/mol. The third-order valence-electron chi connectivity index (χ3n) is 2.77. The number of Topliss-reactive ketones (excluding diaryl/α,β-unsaturated/α-hetero) is 1. The van der Waals surface area contributed by atoms with Crippen molar-refractivity contribution in [2.45, 2.75) is 6.61 Å². The van der Waals surface area contributed by atoms with E-state index in [1.165, 1.54) is 0 Å². The van der Waals surface area contributed by atoms with Crippen molar-refractivity contribution in [2.75, 3.05) is 11.9 Å². The molecule has 2 aromatic rings. The van der Waals surface area contributed by atoms with Crippen LogP contribution >= 0.6 is 0 Å².